The smallest absolute Gasteiger partial charge is 0.370 e. The van der Waals surface area contributed by atoms with Gasteiger partial charge in [0.2, 0.25) is 41.4 Å². The average Bonchev–Trinajstić information content (AvgIpc) is 2.54. The van der Waals surface area contributed by atoms with Gasteiger partial charge in [-0.15, -0.1) is 0 Å². The van der Waals surface area contributed by atoms with E-state index in [4.69, 9.17) is 14.8 Å². The molecule has 1 aliphatic carbocycles. The first-order valence-electron chi connectivity index (χ1n) is 30.1. The molecule has 2 aromatic heterocycles. The molecule has 9 rings (SSSR count). The number of imide groups is 1. The van der Waals surface area contributed by atoms with Gasteiger partial charge in [0, 0.05) is 68.5 Å². The van der Waals surface area contributed by atoms with Gasteiger partial charge in [-0.1, -0.05) is 18.2 Å². The van der Waals surface area contributed by atoms with Crippen LogP contribution in [-0.4, -0.2) is 141 Å². The number of rotatable bonds is 23. The van der Waals surface area contributed by atoms with E-state index in [0.717, 1.165) is 37.7 Å². The summed E-state index contributed by atoms with van der Waals surface area (Å²) in [5, 5.41) is 10.4. The zero-order valence-corrected chi connectivity index (χ0v) is 51.8. The number of nitrogens with one attached hydrogen (secondary N) is 5. The second-order valence-electron chi connectivity index (χ2n) is 23.6. The summed E-state index contributed by atoms with van der Waals surface area (Å²) in [7, 11) is -6.08. The second-order valence-corrected chi connectivity index (χ2v) is 28.0. The average molecular weight is 1250 g/mol. The third-order valence-electron chi connectivity index (χ3n) is 17.4. The molecule has 5 heterocycles. The number of hydrogen-bond donors (Lipinski definition) is 6. The maximum atomic E-state index is 15.2. The number of aryl methyl sites for hydroxylation is 1. The first kappa shape index (κ1) is 64.7. The van der Waals surface area contributed by atoms with Crippen LogP contribution in [0.4, 0.5) is 0 Å². The van der Waals surface area contributed by atoms with Crippen molar-refractivity contribution in [3.8, 4) is 0 Å². The van der Waals surface area contributed by atoms with Gasteiger partial charge in [-0.3, -0.25) is 62.2 Å². The molecule has 27 heteroatoms. The zero-order valence-electron chi connectivity index (χ0n) is 50.0. The number of fused-ring (bicyclic) bond motifs is 3. The van der Waals surface area contributed by atoms with Gasteiger partial charge in [-0.05, 0) is 163 Å². The van der Waals surface area contributed by atoms with Crippen LogP contribution in [0.2, 0.25) is 0 Å². The Morgan fingerprint density at radius 2 is 1.51 bits per heavy atom. The molecule has 1 saturated carbocycles. The number of H-pyrrole nitrogens is 1. The van der Waals surface area contributed by atoms with Crippen LogP contribution in [0.1, 0.15) is 143 Å². The molecular weight excluding hydrogens is 1180 g/mol. The maximum Gasteiger partial charge on any atom is 0.401 e. The molecule has 1 unspecified atom stereocenters. The SMILES string of the molecule is CCOP(=O)(OCC)C(=O)c1ccc2[nH]c(C(=O)N[C@H]3CN(C(=O)CC4CCC(Cc5ccc6c(c5)n(C)c(=O)n6C5CCC(=O)NC5=O)CC4)CC[C@H]4CC[C@@H](C(=O)N[C@@H](CCC(N)=O)C(=O)NCc5ccc(S(=O)(=O)C(C)C)cc5)N4C3=O)cc2c1. The van der Waals surface area contributed by atoms with Crippen LogP contribution in [0, 0.1) is 11.8 Å². The van der Waals surface area contributed by atoms with Gasteiger partial charge in [0.25, 0.3) is 11.4 Å². The van der Waals surface area contributed by atoms with Crippen LogP contribution in [0.15, 0.2) is 76.4 Å². The lowest BCUT2D eigenvalue weighted by atomic mass is 9.78. The molecule has 3 saturated heterocycles. The minimum atomic E-state index is -4.19. The molecule has 5 atom stereocenters. The third kappa shape index (κ3) is 14.2. The second kappa shape index (κ2) is 27.3. The van der Waals surface area contributed by atoms with Crippen LogP contribution in [0.3, 0.4) is 0 Å². The molecule has 3 aromatic carbocycles. The quantitative estimate of drug-likeness (QED) is 0.0385. The lowest BCUT2D eigenvalue weighted by Gasteiger charge is -2.39. The Kier molecular flexibility index (Phi) is 20.1. The predicted molar refractivity (Wildman–Crippen MR) is 323 cm³/mol. The van der Waals surface area contributed by atoms with E-state index in [2.05, 4.69) is 26.3 Å². The van der Waals surface area contributed by atoms with Crippen LogP contribution in [0.5, 0.6) is 0 Å². The Morgan fingerprint density at radius 1 is 0.818 bits per heavy atom. The van der Waals surface area contributed by atoms with Gasteiger partial charge < -0.3 is 45.5 Å². The van der Waals surface area contributed by atoms with Gasteiger partial charge in [0.1, 0.15) is 29.9 Å². The van der Waals surface area contributed by atoms with E-state index in [9.17, 15) is 56.1 Å². The molecule has 25 nitrogen and oxygen atoms in total. The molecule has 0 radical (unpaired) electrons. The van der Waals surface area contributed by atoms with Crippen molar-refractivity contribution < 1.29 is 65.2 Å². The summed E-state index contributed by atoms with van der Waals surface area (Å²) in [6.45, 7) is 6.10. The van der Waals surface area contributed by atoms with Crippen molar-refractivity contribution in [2.24, 2.45) is 24.6 Å². The largest absolute Gasteiger partial charge is 0.401 e. The summed E-state index contributed by atoms with van der Waals surface area (Å²) in [6, 6.07) is 12.5. The number of aromatic amines is 1. The molecular formula is C61H77N10O15PS. The number of aromatic nitrogens is 3. The molecule has 5 aromatic rings. The highest BCUT2D eigenvalue weighted by Gasteiger charge is 2.47. The van der Waals surface area contributed by atoms with E-state index in [1.54, 1.807) is 51.8 Å². The van der Waals surface area contributed by atoms with Crippen LogP contribution in [-0.2, 0) is 77.0 Å². The molecule has 4 fully saturated rings. The Balaban J connectivity index is 0.900. The van der Waals surface area contributed by atoms with Gasteiger partial charge in [0.15, 0.2) is 9.84 Å². The minimum Gasteiger partial charge on any atom is -0.370 e. The van der Waals surface area contributed by atoms with Crippen molar-refractivity contribution in [2.75, 3.05) is 26.3 Å². The van der Waals surface area contributed by atoms with E-state index in [1.807, 2.05) is 18.2 Å². The van der Waals surface area contributed by atoms with Crippen molar-refractivity contribution >= 4 is 92.2 Å². The lowest BCUT2D eigenvalue weighted by Crippen LogP contribution is -2.62. The number of imidazole rings is 1. The molecule has 0 spiro atoms. The first-order chi connectivity index (χ1) is 41.9. The monoisotopic (exact) mass is 1250 g/mol. The van der Waals surface area contributed by atoms with Crippen molar-refractivity contribution in [3.05, 3.63) is 99.6 Å². The van der Waals surface area contributed by atoms with Crippen LogP contribution in [0.25, 0.3) is 21.9 Å². The number of carbonyl (C=O) groups is 9. The van der Waals surface area contributed by atoms with E-state index in [1.165, 1.54) is 50.4 Å². The fourth-order valence-corrected chi connectivity index (χ4v) is 15.1. The molecule has 88 heavy (non-hydrogen) atoms. The van der Waals surface area contributed by atoms with E-state index < -0.39 is 93.9 Å². The molecule has 8 amide bonds. The van der Waals surface area contributed by atoms with Crippen LogP contribution >= 0.6 is 7.60 Å². The van der Waals surface area contributed by atoms with E-state index >= 15 is 4.79 Å². The number of nitrogens with two attached hydrogens (primary N) is 1. The molecule has 0 bridgehead atoms. The normalized spacial score (nSPS) is 21.4. The van der Waals surface area contributed by atoms with E-state index in [-0.39, 0.29) is 117 Å². The first-order valence-corrected chi connectivity index (χ1v) is 33.2. The number of piperidine rings is 1. The summed E-state index contributed by atoms with van der Waals surface area (Å²) >= 11 is 0. The summed E-state index contributed by atoms with van der Waals surface area (Å²) in [5.74, 6) is -4.22. The Bertz CT molecular complexity index is 3760. The van der Waals surface area contributed by atoms with Crippen molar-refractivity contribution in [1.82, 2.24) is 45.2 Å². The Labute approximate surface area is 509 Å². The number of amides is 8. The molecule has 4 aliphatic rings. The van der Waals surface area contributed by atoms with Gasteiger partial charge >= 0.3 is 13.3 Å². The summed E-state index contributed by atoms with van der Waals surface area (Å²) in [5.41, 5.74) is 7.58. The number of benzene rings is 3. The number of sulfone groups is 1. The summed E-state index contributed by atoms with van der Waals surface area (Å²) < 4.78 is 52.3. The van der Waals surface area contributed by atoms with Gasteiger partial charge in [0.05, 0.1) is 34.4 Å². The fraction of sp³-hybridized carbons (Fsp3) is 0.508. The Hall–Kier alpha value is -7.80. The highest BCUT2D eigenvalue weighted by atomic mass is 32.2. The number of carbonyl (C=O) groups excluding carboxylic acids is 9. The van der Waals surface area contributed by atoms with Crippen molar-refractivity contribution in [2.45, 2.75) is 158 Å². The zero-order chi connectivity index (χ0) is 63.4. The van der Waals surface area contributed by atoms with E-state index in [0.29, 0.717) is 40.3 Å². The lowest BCUT2D eigenvalue weighted by molar-refractivity contribution is -0.146. The van der Waals surface area contributed by atoms with Gasteiger partial charge in [-0.25, -0.2) is 13.2 Å². The topological polar surface area (TPSA) is 347 Å². The Morgan fingerprint density at radius 3 is 2.18 bits per heavy atom. The highest BCUT2D eigenvalue weighted by Crippen LogP contribution is 2.51. The van der Waals surface area contributed by atoms with Crippen LogP contribution < -0.4 is 32.7 Å². The number of primary amides is 1. The maximum absolute atomic E-state index is 15.2. The highest BCUT2D eigenvalue weighted by molar-refractivity contribution is 7.92. The standard InChI is InChI=1S/C61H77N10O15PS/c1-6-85-87(82,86-7-2)60(80)40-15-19-44-41(31-40)32-46(64-44)56(76)66-47-34-69(54(74)30-37-10-8-36(9-11-37)28-39-14-21-48-51(29-39)68(5)61(81)71(48)50-23-25-53(73)67-58(50)78)27-26-42-16-22-49(70(42)59(47)79)57(77)65-45(20-24-52(62)72)55(75)63-33-38-12-17-43(18-13-38)88(83,84)35(3)4/h12-15,17-19,21,29,31-32,35-37,42,45,47,49-50,64H,6-11,16,20,22-28,30,33-34H2,1-5H3,(H2,62,72)(H,63,75)(H,65,77)(H,66,76)(H,67,73,78)/t36?,37?,42-,45+,47+,49+,50?/m1/s1. The summed E-state index contributed by atoms with van der Waals surface area (Å²) in [6.07, 6.45) is 4.80. The van der Waals surface area contributed by atoms with Gasteiger partial charge in [-0.2, -0.15) is 0 Å². The molecule has 3 aliphatic heterocycles. The molecule has 472 valence electrons. The van der Waals surface area contributed by atoms with Crippen molar-refractivity contribution in [3.63, 3.8) is 0 Å². The summed E-state index contributed by atoms with van der Waals surface area (Å²) in [4.78, 5) is 142. The molecule has 7 N–H and O–H groups in total. The minimum absolute atomic E-state index is 0.0106. The fourth-order valence-electron chi connectivity index (χ4n) is 12.6. The third-order valence-corrected chi connectivity index (χ3v) is 21.5. The van der Waals surface area contributed by atoms with Crippen molar-refractivity contribution in [1.29, 1.82) is 0 Å². The number of hydrogen-bond acceptors (Lipinski definition) is 15. The predicted octanol–water partition coefficient (Wildman–Crippen LogP) is 4.58. The number of nitrogens with zero attached hydrogens (tertiary/aromatic N) is 4.